The first-order valence-corrected chi connectivity index (χ1v) is 7.31. The first-order valence-electron chi connectivity index (χ1n) is 7.31. The van der Waals surface area contributed by atoms with Crippen LogP contribution in [0.15, 0.2) is 30.3 Å². The van der Waals surface area contributed by atoms with Crippen molar-refractivity contribution < 1.29 is 5.11 Å². The minimum Gasteiger partial charge on any atom is -0.391 e. The molecule has 0 aromatic heterocycles. The summed E-state index contributed by atoms with van der Waals surface area (Å²) in [5, 5.41) is 10.1. The molecule has 1 aliphatic carbocycles. The minimum absolute atomic E-state index is 0.0896. The molecule has 0 bridgehead atoms. The van der Waals surface area contributed by atoms with Crippen molar-refractivity contribution >= 4 is 0 Å². The van der Waals surface area contributed by atoms with Crippen LogP contribution in [0.5, 0.6) is 0 Å². The van der Waals surface area contributed by atoms with Crippen LogP contribution in [0.4, 0.5) is 0 Å². The molecule has 2 heteroatoms. The van der Waals surface area contributed by atoms with Gasteiger partial charge < -0.3 is 5.11 Å². The fourth-order valence-corrected chi connectivity index (χ4v) is 3.60. The van der Waals surface area contributed by atoms with E-state index in [-0.39, 0.29) is 6.10 Å². The Morgan fingerprint density at radius 2 is 1.78 bits per heavy atom. The number of likely N-dealkylation sites (tertiary alicyclic amines) is 1. The minimum atomic E-state index is -0.0896. The number of benzene rings is 1. The van der Waals surface area contributed by atoms with Crippen molar-refractivity contribution in [3.63, 3.8) is 0 Å². The van der Waals surface area contributed by atoms with Gasteiger partial charge in [-0.25, -0.2) is 0 Å². The average Bonchev–Trinajstić information content (AvgIpc) is 2.90. The van der Waals surface area contributed by atoms with Crippen LogP contribution >= 0.6 is 0 Å². The lowest BCUT2D eigenvalue weighted by Crippen LogP contribution is -2.44. The fraction of sp³-hybridized carbons (Fsp3) is 0.625. The summed E-state index contributed by atoms with van der Waals surface area (Å²) in [5.74, 6) is 0.667. The SMILES string of the molecule is O[C@@H]1CCCC[C@H]1N1CC[C@H](c2ccccc2)C1. The maximum atomic E-state index is 10.1. The number of aliphatic hydroxyl groups excluding tert-OH is 1. The highest BCUT2D eigenvalue weighted by Gasteiger charge is 2.33. The van der Waals surface area contributed by atoms with Crippen LogP contribution in [-0.2, 0) is 0 Å². The van der Waals surface area contributed by atoms with E-state index in [9.17, 15) is 5.11 Å². The van der Waals surface area contributed by atoms with Gasteiger partial charge in [-0.2, -0.15) is 0 Å². The zero-order valence-electron chi connectivity index (χ0n) is 11.0. The Balaban J connectivity index is 1.64. The summed E-state index contributed by atoms with van der Waals surface area (Å²) in [4.78, 5) is 2.53. The monoisotopic (exact) mass is 245 g/mol. The number of hydrogen-bond donors (Lipinski definition) is 1. The van der Waals surface area contributed by atoms with E-state index in [0.29, 0.717) is 12.0 Å². The van der Waals surface area contributed by atoms with Gasteiger partial charge in [-0.1, -0.05) is 43.2 Å². The Morgan fingerprint density at radius 1 is 1.00 bits per heavy atom. The zero-order chi connectivity index (χ0) is 12.4. The highest BCUT2D eigenvalue weighted by Crippen LogP contribution is 2.32. The summed E-state index contributed by atoms with van der Waals surface area (Å²) in [7, 11) is 0. The standard InChI is InChI=1S/C16H23NO/c18-16-9-5-4-8-15(16)17-11-10-14(12-17)13-6-2-1-3-7-13/h1-3,6-7,14-16,18H,4-5,8-12H2/t14-,15+,16+/m0/s1. The van der Waals surface area contributed by atoms with Crippen LogP contribution in [0.3, 0.4) is 0 Å². The van der Waals surface area contributed by atoms with E-state index in [1.807, 2.05) is 0 Å². The summed E-state index contributed by atoms with van der Waals surface area (Å²) < 4.78 is 0. The van der Waals surface area contributed by atoms with Gasteiger partial charge in [-0.15, -0.1) is 0 Å². The molecule has 3 rings (SSSR count). The van der Waals surface area contributed by atoms with Gasteiger partial charge in [0.2, 0.25) is 0 Å². The highest BCUT2D eigenvalue weighted by atomic mass is 16.3. The largest absolute Gasteiger partial charge is 0.391 e. The summed E-state index contributed by atoms with van der Waals surface area (Å²) in [5.41, 5.74) is 1.46. The van der Waals surface area contributed by atoms with Gasteiger partial charge in [0.1, 0.15) is 0 Å². The van der Waals surface area contributed by atoms with Crippen LogP contribution in [0.1, 0.15) is 43.6 Å². The first-order chi connectivity index (χ1) is 8.84. The van der Waals surface area contributed by atoms with E-state index >= 15 is 0 Å². The molecule has 1 saturated carbocycles. The molecule has 2 aliphatic rings. The van der Waals surface area contributed by atoms with Gasteiger partial charge in [-0.05, 0) is 37.3 Å². The molecule has 0 radical (unpaired) electrons. The van der Waals surface area contributed by atoms with Crippen LogP contribution in [0, 0.1) is 0 Å². The van der Waals surface area contributed by atoms with Gasteiger partial charge >= 0.3 is 0 Å². The van der Waals surface area contributed by atoms with E-state index in [1.165, 1.54) is 31.2 Å². The Morgan fingerprint density at radius 3 is 2.56 bits per heavy atom. The molecule has 2 nitrogen and oxygen atoms in total. The van der Waals surface area contributed by atoms with Crippen molar-refractivity contribution in [2.75, 3.05) is 13.1 Å². The summed E-state index contributed by atoms with van der Waals surface area (Å²) in [6.07, 6.45) is 5.82. The third kappa shape index (κ3) is 2.45. The molecule has 0 amide bonds. The predicted octanol–water partition coefficient (Wildman–Crippen LogP) is 2.78. The van der Waals surface area contributed by atoms with Crippen molar-refractivity contribution in [3.05, 3.63) is 35.9 Å². The maximum absolute atomic E-state index is 10.1. The van der Waals surface area contributed by atoms with Gasteiger partial charge in [0.15, 0.2) is 0 Å². The molecular weight excluding hydrogens is 222 g/mol. The van der Waals surface area contributed by atoms with Crippen LogP contribution < -0.4 is 0 Å². The van der Waals surface area contributed by atoms with Crippen molar-refractivity contribution in [3.8, 4) is 0 Å². The van der Waals surface area contributed by atoms with Gasteiger partial charge in [0.05, 0.1) is 6.10 Å². The van der Waals surface area contributed by atoms with Crippen LogP contribution in [0.25, 0.3) is 0 Å². The van der Waals surface area contributed by atoms with Gasteiger partial charge in [0, 0.05) is 12.6 Å². The van der Waals surface area contributed by atoms with Crippen LogP contribution in [0.2, 0.25) is 0 Å². The molecule has 1 saturated heterocycles. The number of hydrogen-bond acceptors (Lipinski definition) is 2. The maximum Gasteiger partial charge on any atom is 0.0695 e. The van der Waals surface area contributed by atoms with E-state index in [0.717, 1.165) is 19.5 Å². The third-order valence-electron chi connectivity index (χ3n) is 4.65. The molecule has 1 aliphatic heterocycles. The molecule has 98 valence electrons. The van der Waals surface area contributed by atoms with Gasteiger partial charge in [0.25, 0.3) is 0 Å². The third-order valence-corrected chi connectivity index (χ3v) is 4.65. The van der Waals surface area contributed by atoms with Crippen molar-refractivity contribution in [1.29, 1.82) is 0 Å². The zero-order valence-corrected chi connectivity index (χ0v) is 11.0. The highest BCUT2D eigenvalue weighted by molar-refractivity contribution is 5.21. The molecule has 18 heavy (non-hydrogen) atoms. The van der Waals surface area contributed by atoms with Gasteiger partial charge in [-0.3, -0.25) is 4.90 Å². The predicted molar refractivity (Wildman–Crippen MR) is 73.6 cm³/mol. The second kappa shape index (κ2) is 5.41. The molecule has 1 aromatic carbocycles. The Kier molecular flexibility index (Phi) is 3.67. The van der Waals surface area contributed by atoms with Crippen molar-refractivity contribution in [1.82, 2.24) is 4.90 Å². The molecule has 1 aromatic rings. The van der Waals surface area contributed by atoms with E-state index in [1.54, 1.807) is 0 Å². The molecule has 3 atom stereocenters. The molecule has 2 fully saturated rings. The Bertz CT molecular complexity index is 378. The fourth-order valence-electron chi connectivity index (χ4n) is 3.60. The van der Waals surface area contributed by atoms with Crippen molar-refractivity contribution in [2.45, 2.75) is 50.2 Å². The normalized spacial score (nSPS) is 33.7. The Labute approximate surface area is 110 Å². The lowest BCUT2D eigenvalue weighted by molar-refractivity contribution is 0.0305. The van der Waals surface area contributed by atoms with Crippen molar-refractivity contribution in [2.24, 2.45) is 0 Å². The number of rotatable bonds is 2. The Hall–Kier alpha value is -0.860. The summed E-state index contributed by atoms with van der Waals surface area (Å²) in [6.45, 7) is 2.28. The smallest absolute Gasteiger partial charge is 0.0695 e. The van der Waals surface area contributed by atoms with E-state index in [4.69, 9.17) is 0 Å². The van der Waals surface area contributed by atoms with E-state index < -0.39 is 0 Å². The molecule has 0 unspecified atom stereocenters. The average molecular weight is 245 g/mol. The molecule has 0 spiro atoms. The second-order valence-electron chi connectivity index (χ2n) is 5.81. The second-order valence-corrected chi connectivity index (χ2v) is 5.81. The molecule has 1 heterocycles. The molecular formula is C16H23NO. The van der Waals surface area contributed by atoms with Crippen LogP contribution in [-0.4, -0.2) is 35.2 Å². The lowest BCUT2D eigenvalue weighted by atomic mass is 9.91. The quantitative estimate of drug-likeness (QED) is 0.866. The van der Waals surface area contributed by atoms with E-state index in [2.05, 4.69) is 35.2 Å². The lowest BCUT2D eigenvalue weighted by Gasteiger charge is -2.35. The summed E-state index contributed by atoms with van der Waals surface area (Å²) >= 11 is 0. The topological polar surface area (TPSA) is 23.5 Å². The molecule has 1 N–H and O–H groups in total. The first kappa shape index (κ1) is 12.2. The summed E-state index contributed by atoms with van der Waals surface area (Å²) in [6, 6.07) is 11.3. The number of aliphatic hydroxyl groups is 1. The number of nitrogens with zero attached hydrogens (tertiary/aromatic N) is 1.